The van der Waals surface area contributed by atoms with Gasteiger partial charge in [-0.15, -0.1) is 4.83 Å². The van der Waals surface area contributed by atoms with Crippen LogP contribution >= 0.6 is 0 Å². The lowest BCUT2D eigenvalue weighted by Crippen LogP contribution is -2.33. The molecular weight excluding hydrogens is 188 g/mol. The first-order valence-electron chi connectivity index (χ1n) is 3.60. The van der Waals surface area contributed by atoms with Crippen LogP contribution in [0.15, 0.2) is 48.0 Å². The second kappa shape index (κ2) is 4.06. The van der Waals surface area contributed by atoms with E-state index in [-0.39, 0.29) is 4.90 Å². The molecule has 0 saturated heterocycles. The van der Waals surface area contributed by atoms with Crippen LogP contribution in [0.3, 0.4) is 0 Å². The predicted octanol–water partition coefficient (Wildman–Crippen LogP) is 0.613. The van der Waals surface area contributed by atoms with E-state index in [0.29, 0.717) is 0 Å². The molecule has 0 radical (unpaired) electrons. The highest BCUT2D eigenvalue weighted by Gasteiger charge is 2.10. The summed E-state index contributed by atoms with van der Waals surface area (Å²) in [5.74, 6) is 0. The molecule has 0 saturated carbocycles. The minimum Gasteiger partial charge on any atom is -0.316 e. The number of hydrogen-bond donors (Lipinski definition) is 2. The highest BCUT2D eigenvalue weighted by Crippen LogP contribution is 2.05. The lowest BCUT2D eigenvalue weighted by Gasteiger charge is -2.04. The van der Waals surface area contributed by atoms with Crippen LogP contribution in [0, 0.1) is 0 Å². The number of hydrogen-bond acceptors (Lipinski definition) is 3. The molecule has 0 aromatic heterocycles. The topological polar surface area (TPSA) is 58.2 Å². The fourth-order valence-corrected chi connectivity index (χ4v) is 1.65. The van der Waals surface area contributed by atoms with Crippen molar-refractivity contribution in [2.45, 2.75) is 4.90 Å². The first-order valence-corrected chi connectivity index (χ1v) is 5.08. The Balaban J connectivity index is 2.88. The molecule has 1 aromatic rings. The molecule has 1 rings (SSSR count). The minimum atomic E-state index is -3.45. The maximum atomic E-state index is 11.4. The van der Waals surface area contributed by atoms with Gasteiger partial charge in [0.1, 0.15) is 0 Å². The van der Waals surface area contributed by atoms with E-state index in [1.807, 2.05) is 0 Å². The summed E-state index contributed by atoms with van der Waals surface area (Å²) in [6, 6.07) is 8.07. The van der Waals surface area contributed by atoms with Crippen LogP contribution in [0.25, 0.3) is 0 Å². The summed E-state index contributed by atoms with van der Waals surface area (Å²) < 4.78 is 22.7. The van der Waals surface area contributed by atoms with Crippen LogP contribution in [-0.4, -0.2) is 8.42 Å². The van der Waals surface area contributed by atoms with Crippen molar-refractivity contribution in [2.75, 3.05) is 0 Å². The van der Waals surface area contributed by atoms with Gasteiger partial charge in [0, 0.05) is 6.20 Å². The van der Waals surface area contributed by atoms with Gasteiger partial charge in [-0.2, -0.15) is 0 Å². The van der Waals surface area contributed by atoms with E-state index in [2.05, 4.69) is 16.8 Å². The van der Waals surface area contributed by atoms with Gasteiger partial charge in [0.15, 0.2) is 0 Å². The Morgan fingerprint density at radius 1 is 1.23 bits per heavy atom. The number of rotatable bonds is 4. The quantitative estimate of drug-likeness (QED) is 0.697. The van der Waals surface area contributed by atoms with Crippen LogP contribution in [-0.2, 0) is 10.0 Å². The molecular formula is C8H10N2O2S. The van der Waals surface area contributed by atoms with Crippen molar-refractivity contribution in [3.05, 3.63) is 43.1 Å². The van der Waals surface area contributed by atoms with E-state index in [1.54, 1.807) is 18.2 Å². The number of nitrogens with one attached hydrogen (secondary N) is 2. The molecule has 1 aromatic carbocycles. The molecule has 0 bridgehead atoms. The molecule has 0 fully saturated rings. The Morgan fingerprint density at radius 2 is 1.85 bits per heavy atom. The zero-order valence-corrected chi connectivity index (χ0v) is 7.71. The van der Waals surface area contributed by atoms with E-state index in [1.165, 1.54) is 18.3 Å². The molecule has 70 valence electrons. The van der Waals surface area contributed by atoms with Gasteiger partial charge < -0.3 is 5.43 Å². The van der Waals surface area contributed by atoms with Gasteiger partial charge in [-0.3, -0.25) is 0 Å². The molecule has 0 unspecified atom stereocenters. The maximum Gasteiger partial charge on any atom is 0.257 e. The zero-order chi connectivity index (χ0) is 9.73. The number of hydrazine groups is 1. The fraction of sp³-hybridized carbons (Fsp3) is 0. The summed E-state index contributed by atoms with van der Waals surface area (Å²) in [7, 11) is -3.45. The summed E-state index contributed by atoms with van der Waals surface area (Å²) in [4.78, 5) is 2.34. The van der Waals surface area contributed by atoms with Gasteiger partial charge in [-0.1, -0.05) is 24.8 Å². The lowest BCUT2D eigenvalue weighted by molar-refractivity contribution is 0.574. The lowest BCUT2D eigenvalue weighted by atomic mass is 10.4. The molecule has 0 aliphatic heterocycles. The van der Waals surface area contributed by atoms with E-state index in [9.17, 15) is 8.42 Å². The summed E-state index contributed by atoms with van der Waals surface area (Å²) >= 11 is 0. The first-order chi connectivity index (χ1) is 6.17. The Morgan fingerprint density at radius 3 is 2.38 bits per heavy atom. The molecule has 0 heterocycles. The van der Waals surface area contributed by atoms with E-state index in [0.717, 1.165) is 0 Å². The molecule has 0 amide bonds. The van der Waals surface area contributed by atoms with Crippen LogP contribution < -0.4 is 10.3 Å². The van der Waals surface area contributed by atoms with Gasteiger partial charge in [0.2, 0.25) is 0 Å². The summed E-state index contributed by atoms with van der Waals surface area (Å²) in [5.41, 5.74) is 2.31. The van der Waals surface area contributed by atoms with Crippen molar-refractivity contribution < 1.29 is 8.42 Å². The smallest absolute Gasteiger partial charge is 0.257 e. The minimum absolute atomic E-state index is 0.212. The second-order valence-corrected chi connectivity index (χ2v) is 3.95. The van der Waals surface area contributed by atoms with E-state index in [4.69, 9.17) is 0 Å². The molecule has 5 heteroatoms. The Bertz CT molecular complexity index is 372. The van der Waals surface area contributed by atoms with Crippen molar-refractivity contribution >= 4 is 10.0 Å². The summed E-state index contributed by atoms with van der Waals surface area (Å²) in [5, 5.41) is 0. The van der Waals surface area contributed by atoms with Crippen LogP contribution in [0.5, 0.6) is 0 Å². The van der Waals surface area contributed by atoms with E-state index < -0.39 is 10.0 Å². The molecule has 0 spiro atoms. The number of sulfonamides is 1. The maximum absolute atomic E-state index is 11.4. The monoisotopic (exact) mass is 198 g/mol. The third-order valence-electron chi connectivity index (χ3n) is 1.35. The van der Waals surface area contributed by atoms with Crippen LogP contribution in [0.1, 0.15) is 0 Å². The average molecular weight is 198 g/mol. The third-order valence-corrected chi connectivity index (χ3v) is 2.63. The van der Waals surface area contributed by atoms with Crippen molar-refractivity contribution in [3.63, 3.8) is 0 Å². The predicted molar refractivity (Wildman–Crippen MR) is 50.1 cm³/mol. The summed E-state index contributed by atoms with van der Waals surface area (Å²) in [6.07, 6.45) is 1.25. The van der Waals surface area contributed by atoms with Gasteiger partial charge >= 0.3 is 0 Å². The highest BCUT2D eigenvalue weighted by molar-refractivity contribution is 7.89. The average Bonchev–Trinajstić information content (AvgIpc) is 2.16. The highest BCUT2D eigenvalue weighted by atomic mass is 32.2. The molecule has 0 atom stereocenters. The Labute approximate surface area is 77.3 Å². The Hall–Kier alpha value is -1.33. The van der Waals surface area contributed by atoms with Gasteiger partial charge in [0.25, 0.3) is 10.0 Å². The second-order valence-electron chi connectivity index (χ2n) is 2.27. The van der Waals surface area contributed by atoms with Crippen LogP contribution in [0.4, 0.5) is 0 Å². The van der Waals surface area contributed by atoms with E-state index >= 15 is 0 Å². The van der Waals surface area contributed by atoms with Crippen molar-refractivity contribution in [2.24, 2.45) is 0 Å². The van der Waals surface area contributed by atoms with Gasteiger partial charge in [-0.05, 0) is 12.1 Å². The third kappa shape index (κ3) is 2.57. The van der Waals surface area contributed by atoms with Crippen molar-refractivity contribution in [3.8, 4) is 0 Å². The van der Waals surface area contributed by atoms with Crippen molar-refractivity contribution in [1.82, 2.24) is 10.3 Å². The molecule has 0 aliphatic carbocycles. The molecule has 0 aliphatic rings. The standard InChI is InChI=1S/C8H10N2O2S/c1-2-9-10-13(11,12)8-6-4-3-5-7-8/h2-7,9-10H,1H2. The molecule has 13 heavy (non-hydrogen) atoms. The van der Waals surface area contributed by atoms with Gasteiger partial charge in [0.05, 0.1) is 4.90 Å². The SMILES string of the molecule is C=CNNS(=O)(=O)c1ccccc1. The number of benzene rings is 1. The van der Waals surface area contributed by atoms with Crippen LogP contribution in [0.2, 0.25) is 0 Å². The molecule has 4 nitrogen and oxygen atoms in total. The first kappa shape index (κ1) is 9.76. The molecule has 2 N–H and O–H groups in total. The fourth-order valence-electron chi connectivity index (χ4n) is 0.778. The largest absolute Gasteiger partial charge is 0.316 e. The normalized spacial score (nSPS) is 10.8. The Kier molecular flexibility index (Phi) is 3.05. The van der Waals surface area contributed by atoms with Gasteiger partial charge in [-0.25, -0.2) is 8.42 Å². The van der Waals surface area contributed by atoms with Crippen molar-refractivity contribution in [1.29, 1.82) is 0 Å². The zero-order valence-electron chi connectivity index (χ0n) is 6.90. The summed E-state index contributed by atoms with van der Waals surface area (Å²) in [6.45, 7) is 3.32.